The van der Waals surface area contributed by atoms with Crippen LogP contribution in [0.25, 0.3) is 0 Å². The maximum absolute atomic E-state index is 8.95. The van der Waals surface area contributed by atoms with E-state index in [0.717, 1.165) is 18.2 Å². The standard InChI is InChI=1S/C13H18N4/c1-10-8-12(9-14)16-13(15-10)17-7-5-3-4-6-11(17)2/h8,11H,3-7H2,1-2H3. The van der Waals surface area contributed by atoms with Gasteiger partial charge >= 0.3 is 0 Å². The number of nitrogens with zero attached hydrogens (tertiary/aromatic N) is 4. The molecule has 4 nitrogen and oxygen atoms in total. The van der Waals surface area contributed by atoms with Gasteiger partial charge in [-0.15, -0.1) is 0 Å². The summed E-state index contributed by atoms with van der Waals surface area (Å²) in [5, 5.41) is 8.95. The molecule has 17 heavy (non-hydrogen) atoms. The molecular formula is C13H18N4. The van der Waals surface area contributed by atoms with Crippen molar-refractivity contribution in [3.05, 3.63) is 17.5 Å². The number of hydrogen-bond acceptors (Lipinski definition) is 4. The lowest BCUT2D eigenvalue weighted by Crippen LogP contribution is -2.34. The molecule has 1 saturated heterocycles. The average Bonchev–Trinajstić information content (AvgIpc) is 2.53. The molecule has 0 aromatic carbocycles. The van der Waals surface area contributed by atoms with Gasteiger partial charge < -0.3 is 4.90 Å². The molecule has 1 unspecified atom stereocenters. The second kappa shape index (κ2) is 5.13. The Morgan fingerprint density at radius 3 is 2.94 bits per heavy atom. The quantitative estimate of drug-likeness (QED) is 0.743. The minimum atomic E-state index is 0.462. The first-order valence-electron chi connectivity index (χ1n) is 6.23. The van der Waals surface area contributed by atoms with Crippen LogP contribution in [0.3, 0.4) is 0 Å². The molecule has 4 heteroatoms. The van der Waals surface area contributed by atoms with Gasteiger partial charge in [-0.1, -0.05) is 12.8 Å². The Morgan fingerprint density at radius 1 is 1.35 bits per heavy atom. The van der Waals surface area contributed by atoms with Gasteiger partial charge in [0.25, 0.3) is 0 Å². The summed E-state index contributed by atoms with van der Waals surface area (Å²) in [4.78, 5) is 11.0. The smallest absolute Gasteiger partial charge is 0.227 e. The zero-order valence-electron chi connectivity index (χ0n) is 10.5. The van der Waals surface area contributed by atoms with Crippen molar-refractivity contribution in [2.75, 3.05) is 11.4 Å². The third kappa shape index (κ3) is 2.73. The number of rotatable bonds is 1. The molecule has 0 aliphatic carbocycles. The van der Waals surface area contributed by atoms with Crippen LogP contribution in [0.4, 0.5) is 5.95 Å². The summed E-state index contributed by atoms with van der Waals surface area (Å²) in [6.45, 7) is 5.12. The molecule has 1 fully saturated rings. The van der Waals surface area contributed by atoms with E-state index >= 15 is 0 Å². The van der Waals surface area contributed by atoms with E-state index in [1.807, 2.05) is 6.92 Å². The molecule has 0 radical (unpaired) electrons. The van der Waals surface area contributed by atoms with Crippen LogP contribution >= 0.6 is 0 Å². The molecular weight excluding hydrogens is 212 g/mol. The Labute approximate surface area is 102 Å². The Hall–Kier alpha value is -1.63. The predicted molar refractivity (Wildman–Crippen MR) is 66.8 cm³/mol. The summed E-state index contributed by atoms with van der Waals surface area (Å²) in [7, 11) is 0. The van der Waals surface area contributed by atoms with E-state index in [9.17, 15) is 0 Å². The van der Waals surface area contributed by atoms with E-state index in [2.05, 4.69) is 27.9 Å². The van der Waals surface area contributed by atoms with E-state index in [1.54, 1.807) is 6.07 Å². The van der Waals surface area contributed by atoms with Crippen molar-refractivity contribution in [3.8, 4) is 6.07 Å². The second-order valence-electron chi connectivity index (χ2n) is 4.70. The van der Waals surface area contributed by atoms with Gasteiger partial charge in [0, 0.05) is 18.3 Å². The van der Waals surface area contributed by atoms with Gasteiger partial charge in [-0.25, -0.2) is 9.97 Å². The molecule has 0 bridgehead atoms. The van der Waals surface area contributed by atoms with Crippen molar-refractivity contribution in [3.63, 3.8) is 0 Å². The Morgan fingerprint density at radius 2 is 2.18 bits per heavy atom. The molecule has 0 spiro atoms. The summed E-state index contributed by atoms with van der Waals surface area (Å²) in [5.41, 5.74) is 1.33. The van der Waals surface area contributed by atoms with Crippen molar-refractivity contribution < 1.29 is 0 Å². The molecule has 1 aromatic rings. The van der Waals surface area contributed by atoms with Crippen molar-refractivity contribution in [2.45, 2.75) is 45.6 Å². The predicted octanol–water partition coefficient (Wildman–Crippen LogP) is 2.43. The van der Waals surface area contributed by atoms with Crippen LogP contribution in [-0.4, -0.2) is 22.6 Å². The largest absolute Gasteiger partial charge is 0.338 e. The van der Waals surface area contributed by atoms with Gasteiger partial charge in [0.05, 0.1) is 0 Å². The van der Waals surface area contributed by atoms with Crippen LogP contribution in [0.1, 0.15) is 44.0 Å². The third-order valence-electron chi connectivity index (χ3n) is 3.27. The lowest BCUT2D eigenvalue weighted by atomic mass is 10.1. The van der Waals surface area contributed by atoms with Gasteiger partial charge in [-0.05, 0) is 32.8 Å². The molecule has 90 valence electrons. The van der Waals surface area contributed by atoms with Gasteiger partial charge in [-0.2, -0.15) is 5.26 Å². The highest BCUT2D eigenvalue weighted by Crippen LogP contribution is 2.21. The fourth-order valence-electron chi connectivity index (χ4n) is 2.31. The number of nitriles is 1. The highest BCUT2D eigenvalue weighted by molar-refractivity contribution is 5.37. The summed E-state index contributed by atoms with van der Waals surface area (Å²) in [5.74, 6) is 0.718. The zero-order valence-corrected chi connectivity index (χ0v) is 10.5. The maximum Gasteiger partial charge on any atom is 0.227 e. The van der Waals surface area contributed by atoms with E-state index in [4.69, 9.17) is 5.26 Å². The molecule has 0 saturated carbocycles. The molecule has 2 heterocycles. The molecule has 0 N–H and O–H groups in total. The first-order chi connectivity index (χ1) is 8.20. The van der Waals surface area contributed by atoms with Gasteiger partial charge in [-0.3, -0.25) is 0 Å². The summed E-state index contributed by atoms with van der Waals surface area (Å²) in [6.07, 6.45) is 4.91. The average molecular weight is 230 g/mol. The molecule has 1 aliphatic rings. The second-order valence-corrected chi connectivity index (χ2v) is 4.70. The summed E-state index contributed by atoms with van der Waals surface area (Å²) in [6, 6.07) is 4.29. The first kappa shape index (κ1) is 11.8. The highest BCUT2D eigenvalue weighted by Gasteiger charge is 2.20. The molecule has 1 atom stereocenters. The van der Waals surface area contributed by atoms with E-state index < -0.39 is 0 Å². The van der Waals surface area contributed by atoms with Gasteiger partial charge in [0.2, 0.25) is 5.95 Å². The third-order valence-corrected chi connectivity index (χ3v) is 3.27. The van der Waals surface area contributed by atoms with Gasteiger partial charge in [0.1, 0.15) is 11.8 Å². The van der Waals surface area contributed by atoms with Crippen LogP contribution < -0.4 is 4.90 Å². The van der Waals surface area contributed by atoms with Crippen LogP contribution in [0.2, 0.25) is 0 Å². The number of aromatic nitrogens is 2. The molecule has 1 aromatic heterocycles. The number of aryl methyl sites for hydroxylation is 1. The van der Waals surface area contributed by atoms with Crippen molar-refractivity contribution in [1.82, 2.24) is 9.97 Å². The van der Waals surface area contributed by atoms with Crippen LogP contribution in [0.5, 0.6) is 0 Å². The summed E-state index contributed by atoms with van der Waals surface area (Å²) >= 11 is 0. The minimum absolute atomic E-state index is 0.462. The first-order valence-corrected chi connectivity index (χ1v) is 6.23. The molecule has 1 aliphatic heterocycles. The van der Waals surface area contributed by atoms with Crippen molar-refractivity contribution >= 4 is 5.95 Å². The Bertz CT molecular complexity index is 436. The van der Waals surface area contributed by atoms with Crippen LogP contribution in [0, 0.1) is 18.3 Å². The lowest BCUT2D eigenvalue weighted by Gasteiger charge is -2.27. The fraction of sp³-hybridized carbons (Fsp3) is 0.615. The number of hydrogen-bond donors (Lipinski definition) is 0. The van der Waals surface area contributed by atoms with E-state index in [0.29, 0.717) is 11.7 Å². The fourth-order valence-corrected chi connectivity index (χ4v) is 2.31. The van der Waals surface area contributed by atoms with E-state index in [1.165, 1.54) is 25.7 Å². The Balaban J connectivity index is 2.31. The zero-order chi connectivity index (χ0) is 12.3. The Kier molecular flexibility index (Phi) is 3.58. The van der Waals surface area contributed by atoms with E-state index in [-0.39, 0.29) is 0 Å². The SMILES string of the molecule is Cc1cc(C#N)nc(N2CCCCCC2C)n1. The monoisotopic (exact) mass is 230 g/mol. The number of anilines is 1. The van der Waals surface area contributed by atoms with Crippen molar-refractivity contribution in [1.29, 1.82) is 5.26 Å². The maximum atomic E-state index is 8.95. The normalized spacial score (nSPS) is 20.8. The van der Waals surface area contributed by atoms with Gasteiger partial charge in [0.15, 0.2) is 0 Å². The lowest BCUT2D eigenvalue weighted by molar-refractivity contribution is 0.604. The topological polar surface area (TPSA) is 52.8 Å². The van der Waals surface area contributed by atoms with Crippen LogP contribution in [0.15, 0.2) is 6.07 Å². The molecule has 2 rings (SSSR count). The minimum Gasteiger partial charge on any atom is -0.338 e. The highest BCUT2D eigenvalue weighted by atomic mass is 15.3. The summed E-state index contributed by atoms with van der Waals surface area (Å²) < 4.78 is 0. The van der Waals surface area contributed by atoms with Crippen molar-refractivity contribution in [2.24, 2.45) is 0 Å². The molecule has 0 amide bonds. The van der Waals surface area contributed by atoms with Crippen LogP contribution in [-0.2, 0) is 0 Å².